The van der Waals surface area contributed by atoms with Crippen molar-refractivity contribution in [3.8, 4) is 0 Å². The molecule has 1 amide bonds. The van der Waals surface area contributed by atoms with Gasteiger partial charge in [-0.3, -0.25) is 19.3 Å². The summed E-state index contributed by atoms with van der Waals surface area (Å²) < 4.78 is 19.3. The van der Waals surface area contributed by atoms with Crippen LogP contribution >= 0.6 is 0 Å². The number of nitrogens with one attached hydrogen (secondary N) is 1. The number of nitrogens with zero attached hydrogens (tertiary/aromatic N) is 2. The number of hydrogen-bond donors (Lipinski definition) is 2. The van der Waals surface area contributed by atoms with Crippen molar-refractivity contribution in [2.75, 3.05) is 26.2 Å². The molecule has 3 aliphatic heterocycles. The lowest BCUT2D eigenvalue weighted by Crippen LogP contribution is -2.51. The minimum Gasteiger partial charge on any atom is -0.479 e. The van der Waals surface area contributed by atoms with Crippen LogP contribution in [0.15, 0.2) is 40.9 Å². The number of aliphatic hydroxyl groups is 1. The van der Waals surface area contributed by atoms with Crippen LogP contribution in [0.5, 0.6) is 0 Å². The van der Waals surface area contributed by atoms with E-state index in [-0.39, 0.29) is 65.8 Å². The number of cyclic esters (lactones) is 1. The maximum Gasteiger partial charge on any atom is 0.323 e. The third-order valence-electron chi connectivity index (χ3n) is 10.3. The highest BCUT2D eigenvalue weighted by Gasteiger charge is 2.45. The Hall–Kier alpha value is -2.39. The highest BCUT2D eigenvalue weighted by atomic mass is 28.4. The Bertz CT molecular complexity index is 1300. The molecule has 1 fully saturated rings. The fourth-order valence-electron chi connectivity index (χ4n) is 6.41. The summed E-state index contributed by atoms with van der Waals surface area (Å²) in [6, 6.07) is -0.628. The van der Waals surface area contributed by atoms with Crippen LogP contribution in [0, 0.1) is 11.8 Å². The summed E-state index contributed by atoms with van der Waals surface area (Å²) in [5.74, 6) is -0.726. The van der Waals surface area contributed by atoms with E-state index in [1.54, 1.807) is 6.08 Å². The van der Waals surface area contributed by atoms with E-state index in [1.807, 2.05) is 39.0 Å². The van der Waals surface area contributed by atoms with Gasteiger partial charge in [-0.15, -0.1) is 0 Å². The van der Waals surface area contributed by atoms with Crippen molar-refractivity contribution in [2.45, 2.75) is 135 Å². The van der Waals surface area contributed by atoms with Gasteiger partial charge in [-0.25, -0.2) is 4.99 Å². The average Bonchev–Trinajstić information content (AvgIpc) is 3.62. The molecule has 2 bridgehead atoms. The van der Waals surface area contributed by atoms with Gasteiger partial charge < -0.3 is 24.3 Å². The van der Waals surface area contributed by atoms with E-state index in [0.29, 0.717) is 25.4 Å². The van der Waals surface area contributed by atoms with Crippen LogP contribution in [0.1, 0.15) is 67.2 Å². The van der Waals surface area contributed by atoms with Crippen molar-refractivity contribution in [3.63, 3.8) is 0 Å². The molecule has 3 unspecified atom stereocenters. The first-order valence-corrected chi connectivity index (χ1v) is 24.5. The van der Waals surface area contributed by atoms with Gasteiger partial charge in [0.1, 0.15) is 23.7 Å². The first-order chi connectivity index (χ1) is 22.7. The number of rotatable bonds is 5. The number of fused-ring (bicyclic) bond motifs is 2. The van der Waals surface area contributed by atoms with E-state index in [4.69, 9.17) is 18.9 Å². The molecule has 0 aromatic heterocycles. The molecule has 276 valence electrons. The lowest BCUT2D eigenvalue weighted by molar-refractivity contribution is -0.160. The Morgan fingerprint density at radius 2 is 1.82 bits per heavy atom. The van der Waals surface area contributed by atoms with Crippen LogP contribution in [-0.4, -0.2) is 106 Å². The van der Waals surface area contributed by atoms with Gasteiger partial charge in [0, 0.05) is 38.0 Å². The predicted octanol–water partition coefficient (Wildman–Crippen LogP) is 5.60. The van der Waals surface area contributed by atoms with Crippen molar-refractivity contribution < 1.29 is 33.4 Å². The van der Waals surface area contributed by atoms with E-state index in [1.165, 1.54) is 6.08 Å². The van der Waals surface area contributed by atoms with Gasteiger partial charge in [-0.1, -0.05) is 84.1 Å². The van der Waals surface area contributed by atoms with Crippen LogP contribution in [-0.2, 0) is 28.3 Å². The number of amides is 1. The Balaban J connectivity index is 1.97. The third kappa shape index (κ3) is 11.8. The smallest absolute Gasteiger partial charge is 0.323 e. The fraction of sp³-hybridized carbons (Fsp3) is 0.730. The highest BCUT2D eigenvalue weighted by molar-refractivity contribution is 6.77. The molecule has 1 saturated heterocycles. The second kappa shape index (κ2) is 17.2. The number of ketones is 1. The second-order valence-corrected chi connectivity index (χ2v) is 26.9. The SMILES string of the molecule is CC1=CC(O[Si](C)(C)C(C)(C)C)CC(=O)CC2=NC(CN3CCC[C@@H]3C(=O)O[C@H]([C@@H](C)CO)[C@H](C)/C=C/C(=O)NCC=C1)C([Si](C)(C)C)O2. The normalized spacial score (nSPS) is 30.4. The Morgan fingerprint density at radius 1 is 1.12 bits per heavy atom. The van der Waals surface area contributed by atoms with E-state index in [9.17, 15) is 19.5 Å². The molecule has 3 rings (SSSR count). The van der Waals surface area contributed by atoms with Gasteiger partial charge in [0.2, 0.25) is 5.91 Å². The van der Waals surface area contributed by atoms with Crippen LogP contribution in [0.2, 0.25) is 37.8 Å². The Morgan fingerprint density at radius 3 is 2.45 bits per heavy atom. The number of carbonyl (C=O) groups excluding carboxylic acids is 3. The first-order valence-electron chi connectivity index (χ1n) is 18.0. The van der Waals surface area contributed by atoms with Gasteiger partial charge in [0.25, 0.3) is 0 Å². The Labute approximate surface area is 297 Å². The predicted molar refractivity (Wildman–Crippen MR) is 201 cm³/mol. The van der Waals surface area contributed by atoms with Crippen molar-refractivity contribution in [1.29, 1.82) is 0 Å². The van der Waals surface area contributed by atoms with Crippen LogP contribution in [0.3, 0.4) is 0 Å². The standard InChI is InChI=1S/C37H63N3O7Si2/c1-25-14-12-18-38-32(43)17-16-26(2)34(27(3)24-41)46-35(44)31-15-13-19-40(31)23-30-36(48(7,8)9)45-33(39-30)22-28(42)21-29(20-25)47-49(10,11)37(4,5)6/h12,14,16-17,20,26-27,29-31,34,36,41H,13,15,18-19,21-24H2,1-11H3,(H,38,43)/b14-12?,17-16+,25-20?/t26-,27+,29?,30?,31-,34+,36?/m1/s1. The quantitative estimate of drug-likeness (QED) is 0.278. The summed E-state index contributed by atoms with van der Waals surface area (Å²) in [4.78, 5) is 47.2. The summed E-state index contributed by atoms with van der Waals surface area (Å²) in [6.07, 6.45) is 9.81. The van der Waals surface area contributed by atoms with Crippen molar-refractivity contribution in [1.82, 2.24) is 10.2 Å². The van der Waals surface area contributed by atoms with Gasteiger partial charge >= 0.3 is 5.97 Å². The molecule has 0 spiro atoms. The molecule has 12 heteroatoms. The number of ether oxygens (including phenoxy) is 2. The molecule has 49 heavy (non-hydrogen) atoms. The van der Waals surface area contributed by atoms with Gasteiger partial charge in [0.15, 0.2) is 14.2 Å². The monoisotopic (exact) mass is 717 g/mol. The number of aliphatic imine (C=N–C) groups is 1. The van der Waals surface area contributed by atoms with Crippen LogP contribution in [0.4, 0.5) is 0 Å². The summed E-state index contributed by atoms with van der Waals surface area (Å²) in [5.41, 5.74) is 0.813. The fourth-order valence-corrected chi connectivity index (χ4v) is 9.50. The number of esters is 1. The molecular weight excluding hydrogens is 655 g/mol. The van der Waals surface area contributed by atoms with Gasteiger partial charge in [-0.2, -0.15) is 0 Å². The van der Waals surface area contributed by atoms with Gasteiger partial charge in [-0.05, 0) is 50.5 Å². The molecule has 3 heterocycles. The lowest BCUT2D eigenvalue weighted by Gasteiger charge is -2.38. The molecule has 7 atom stereocenters. The largest absolute Gasteiger partial charge is 0.479 e. The number of allylic oxidation sites excluding steroid dienone is 2. The van der Waals surface area contributed by atoms with Crippen molar-refractivity contribution in [3.05, 3.63) is 36.0 Å². The van der Waals surface area contributed by atoms with Crippen LogP contribution < -0.4 is 5.32 Å². The Kier molecular flexibility index (Phi) is 14.4. The first kappa shape index (κ1) is 41.0. The van der Waals surface area contributed by atoms with E-state index < -0.39 is 34.6 Å². The lowest BCUT2D eigenvalue weighted by atomic mass is 9.93. The average molecular weight is 718 g/mol. The van der Waals surface area contributed by atoms with Gasteiger partial charge in [0.05, 0.1) is 26.6 Å². The molecule has 2 N–H and O–H groups in total. The molecular formula is C37H63N3O7Si2. The zero-order chi connectivity index (χ0) is 36.7. The van der Waals surface area contributed by atoms with E-state index in [2.05, 4.69) is 63.7 Å². The molecule has 0 aromatic rings. The summed E-state index contributed by atoms with van der Waals surface area (Å²) >= 11 is 0. The minimum atomic E-state index is -2.21. The van der Waals surface area contributed by atoms with Crippen molar-refractivity contribution >= 4 is 39.9 Å². The van der Waals surface area contributed by atoms with Crippen LogP contribution in [0.25, 0.3) is 0 Å². The molecule has 0 saturated carbocycles. The van der Waals surface area contributed by atoms with Crippen molar-refractivity contribution in [2.24, 2.45) is 16.8 Å². The summed E-state index contributed by atoms with van der Waals surface area (Å²) in [7, 11) is -4.10. The third-order valence-corrected chi connectivity index (χ3v) is 17.0. The molecule has 3 aliphatic rings. The number of Topliss-reactive ketones (excluding diaryl/α,β-unsaturated/α-hetero) is 1. The maximum absolute atomic E-state index is 13.7. The zero-order valence-corrected chi connectivity index (χ0v) is 33.9. The van der Waals surface area contributed by atoms with E-state index in [0.717, 1.165) is 18.5 Å². The molecule has 0 aliphatic carbocycles. The molecule has 0 radical (unpaired) electrons. The van der Waals surface area contributed by atoms with E-state index >= 15 is 0 Å². The minimum absolute atomic E-state index is 0.00342. The molecule has 0 aromatic carbocycles. The number of carbonyl (C=O) groups is 3. The number of aliphatic hydroxyl groups excluding tert-OH is 1. The summed E-state index contributed by atoms with van der Waals surface area (Å²) in [6.45, 7) is 24.8. The maximum atomic E-state index is 13.7. The molecule has 10 nitrogen and oxygen atoms in total. The number of hydrogen-bond acceptors (Lipinski definition) is 9. The second-order valence-electron chi connectivity index (χ2n) is 16.8. The summed E-state index contributed by atoms with van der Waals surface area (Å²) in [5, 5.41) is 12.8. The highest BCUT2D eigenvalue weighted by Crippen LogP contribution is 2.38. The zero-order valence-electron chi connectivity index (χ0n) is 31.9. The topological polar surface area (TPSA) is 127 Å².